The second-order valence-electron chi connectivity index (χ2n) is 9.18. The fourth-order valence-corrected chi connectivity index (χ4v) is 4.81. The normalized spacial score (nSPS) is 11.2. The van der Waals surface area contributed by atoms with E-state index in [1.54, 1.807) is 24.3 Å². The van der Waals surface area contributed by atoms with Gasteiger partial charge in [0.15, 0.2) is 5.76 Å². The van der Waals surface area contributed by atoms with E-state index >= 15 is 0 Å². The van der Waals surface area contributed by atoms with Crippen LogP contribution in [-0.4, -0.2) is 10.9 Å². The third kappa shape index (κ3) is 5.55. The number of benzene rings is 4. The number of aromatic nitrogens is 1. The van der Waals surface area contributed by atoms with Crippen LogP contribution in [0.25, 0.3) is 45.8 Å². The molecule has 6 heteroatoms. The molecule has 0 bridgehead atoms. The Morgan fingerprint density at radius 3 is 2.23 bits per heavy atom. The molecule has 40 heavy (non-hydrogen) atoms. The van der Waals surface area contributed by atoms with Gasteiger partial charge in [-0.2, -0.15) is 0 Å². The molecule has 2 aromatic heterocycles. The molecule has 4 aromatic carbocycles. The summed E-state index contributed by atoms with van der Waals surface area (Å²) < 4.78 is 6.12. The fraction of sp³-hybridized carbons (Fsp3) is 0. The maximum atomic E-state index is 13.5. The highest BCUT2D eigenvalue weighted by Crippen LogP contribution is 2.35. The molecule has 0 saturated heterocycles. The van der Waals surface area contributed by atoms with E-state index in [1.165, 1.54) is 0 Å². The van der Waals surface area contributed by atoms with Gasteiger partial charge in [-0.15, -0.1) is 0 Å². The second-order valence-corrected chi connectivity index (χ2v) is 10.0. The Hall–Kier alpha value is -4.64. The summed E-state index contributed by atoms with van der Waals surface area (Å²) in [4.78, 5) is 18.3. The monoisotopic (exact) mass is 560 g/mol. The third-order valence-electron chi connectivity index (χ3n) is 6.45. The number of halogens is 2. The molecule has 0 spiro atoms. The van der Waals surface area contributed by atoms with E-state index in [9.17, 15) is 4.79 Å². The number of para-hydroxylation sites is 1. The van der Waals surface area contributed by atoms with Crippen molar-refractivity contribution in [2.24, 2.45) is 0 Å². The second kappa shape index (κ2) is 11.2. The molecule has 0 saturated carbocycles. The van der Waals surface area contributed by atoms with E-state index in [4.69, 9.17) is 32.6 Å². The van der Waals surface area contributed by atoms with Gasteiger partial charge in [-0.05, 0) is 65.7 Å². The zero-order valence-electron chi connectivity index (χ0n) is 21.1. The number of nitrogens with one attached hydrogen (secondary N) is 1. The SMILES string of the molecule is O=C(Nc1ccc(C=Cc2ccccc2)cc1)c1cc(-c2ccc(-c3cc(Cl)ccc3Cl)o2)nc2ccccc12. The number of furan rings is 1. The summed E-state index contributed by atoms with van der Waals surface area (Å²) in [6, 6.07) is 35.9. The maximum Gasteiger partial charge on any atom is 0.256 e. The minimum Gasteiger partial charge on any atom is -0.454 e. The number of hydrogen-bond acceptors (Lipinski definition) is 3. The molecule has 6 aromatic rings. The van der Waals surface area contributed by atoms with Crippen LogP contribution >= 0.6 is 23.2 Å². The van der Waals surface area contributed by atoms with E-state index in [0.29, 0.717) is 49.6 Å². The van der Waals surface area contributed by atoms with Gasteiger partial charge in [0.2, 0.25) is 0 Å². The van der Waals surface area contributed by atoms with Gasteiger partial charge in [-0.3, -0.25) is 4.79 Å². The van der Waals surface area contributed by atoms with Gasteiger partial charge in [0.05, 0.1) is 16.1 Å². The lowest BCUT2D eigenvalue weighted by Crippen LogP contribution is -2.13. The summed E-state index contributed by atoms with van der Waals surface area (Å²) in [6.45, 7) is 0. The van der Waals surface area contributed by atoms with Gasteiger partial charge in [0, 0.05) is 21.7 Å². The lowest BCUT2D eigenvalue weighted by atomic mass is 10.1. The predicted octanol–water partition coefficient (Wildman–Crippen LogP) is 9.89. The highest BCUT2D eigenvalue weighted by Gasteiger charge is 2.17. The molecule has 1 amide bonds. The highest BCUT2D eigenvalue weighted by atomic mass is 35.5. The van der Waals surface area contributed by atoms with Crippen LogP contribution in [0.4, 0.5) is 5.69 Å². The highest BCUT2D eigenvalue weighted by molar-refractivity contribution is 6.35. The number of fused-ring (bicyclic) bond motifs is 1. The van der Waals surface area contributed by atoms with E-state index in [-0.39, 0.29) is 5.91 Å². The van der Waals surface area contributed by atoms with Gasteiger partial charge in [-0.1, -0.05) is 96.0 Å². The molecule has 0 aliphatic heterocycles. The van der Waals surface area contributed by atoms with Gasteiger partial charge >= 0.3 is 0 Å². The Kier molecular flexibility index (Phi) is 7.19. The quantitative estimate of drug-likeness (QED) is 0.206. The van der Waals surface area contributed by atoms with Crippen LogP contribution in [-0.2, 0) is 0 Å². The van der Waals surface area contributed by atoms with Gasteiger partial charge < -0.3 is 9.73 Å². The zero-order valence-corrected chi connectivity index (χ0v) is 22.7. The first-order valence-electron chi connectivity index (χ1n) is 12.6. The standard InChI is InChI=1S/C34H22Cl2N2O2/c35-24-14-17-29(36)28(20-24)32-18-19-33(40-32)31-21-27(26-8-4-5-9-30(26)38-31)34(39)37-25-15-12-23(13-16-25)11-10-22-6-2-1-3-7-22/h1-21H,(H,37,39). The van der Waals surface area contributed by atoms with Crippen LogP contribution in [0.15, 0.2) is 120 Å². The van der Waals surface area contributed by atoms with Crippen molar-refractivity contribution in [1.82, 2.24) is 4.98 Å². The third-order valence-corrected chi connectivity index (χ3v) is 7.01. The largest absolute Gasteiger partial charge is 0.454 e. The Morgan fingerprint density at radius 2 is 1.43 bits per heavy atom. The molecule has 0 radical (unpaired) electrons. The fourth-order valence-electron chi connectivity index (χ4n) is 4.43. The van der Waals surface area contributed by atoms with Crippen LogP contribution in [0.1, 0.15) is 21.5 Å². The molecule has 1 N–H and O–H groups in total. The Labute approximate surface area is 241 Å². The molecule has 6 rings (SSSR count). The van der Waals surface area contributed by atoms with E-state index in [2.05, 4.69) is 11.4 Å². The van der Waals surface area contributed by atoms with E-state index < -0.39 is 0 Å². The van der Waals surface area contributed by atoms with Crippen molar-refractivity contribution in [3.8, 4) is 22.8 Å². The average Bonchev–Trinajstić information content (AvgIpc) is 3.48. The molecule has 0 aliphatic carbocycles. The van der Waals surface area contributed by atoms with E-state index in [1.807, 2.05) is 97.1 Å². The first-order valence-corrected chi connectivity index (χ1v) is 13.4. The van der Waals surface area contributed by atoms with Crippen molar-refractivity contribution in [3.05, 3.63) is 142 Å². The molecule has 4 nitrogen and oxygen atoms in total. The number of nitrogens with zero attached hydrogens (tertiary/aromatic N) is 1. The molecule has 2 heterocycles. The first kappa shape index (κ1) is 25.6. The molecule has 194 valence electrons. The summed E-state index contributed by atoms with van der Waals surface area (Å²) in [5.74, 6) is 0.836. The Morgan fingerprint density at radius 1 is 0.725 bits per heavy atom. The number of carbonyl (C=O) groups excluding carboxylic acids is 1. The number of rotatable bonds is 6. The molecule has 0 unspecified atom stereocenters. The van der Waals surface area contributed by atoms with Crippen molar-refractivity contribution >= 4 is 57.9 Å². The van der Waals surface area contributed by atoms with Crippen molar-refractivity contribution in [2.45, 2.75) is 0 Å². The number of hydrogen-bond donors (Lipinski definition) is 1. The summed E-state index contributed by atoms with van der Waals surface area (Å²) in [5.41, 5.74) is 5.25. The van der Waals surface area contributed by atoms with Gasteiger partial charge in [0.1, 0.15) is 11.5 Å². The van der Waals surface area contributed by atoms with Gasteiger partial charge in [-0.25, -0.2) is 4.98 Å². The number of anilines is 1. The summed E-state index contributed by atoms with van der Waals surface area (Å²) in [5, 5.41) is 4.85. The lowest BCUT2D eigenvalue weighted by molar-refractivity contribution is 0.102. The predicted molar refractivity (Wildman–Crippen MR) is 165 cm³/mol. The number of amides is 1. The molecule has 0 atom stereocenters. The van der Waals surface area contributed by atoms with Crippen molar-refractivity contribution in [1.29, 1.82) is 0 Å². The molecule has 0 fully saturated rings. The first-order chi connectivity index (χ1) is 19.5. The van der Waals surface area contributed by atoms with Crippen molar-refractivity contribution in [2.75, 3.05) is 5.32 Å². The van der Waals surface area contributed by atoms with Crippen LogP contribution < -0.4 is 5.32 Å². The van der Waals surface area contributed by atoms with E-state index in [0.717, 1.165) is 16.5 Å². The Balaban J connectivity index is 1.28. The molecule has 0 aliphatic rings. The summed E-state index contributed by atoms with van der Waals surface area (Å²) in [7, 11) is 0. The van der Waals surface area contributed by atoms with Crippen LogP contribution in [0.3, 0.4) is 0 Å². The Bertz CT molecular complexity index is 1860. The smallest absolute Gasteiger partial charge is 0.256 e. The number of carbonyl (C=O) groups is 1. The van der Waals surface area contributed by atoms with Crippen LogP contribution in [0.2, 0.25) is 10.0 Å². The van der Waals surface area contributed by atoms with Crippen molar-refractivity contribution in [3.63, 3.8) is 0 Å². The maximum absolute atomic E-state index is 13.5. The van der Waals surface area contributed by atoms with Crippen molar-refractivity contribution < 1.29 is 9.21 Å². The van der Waals surface area contributed by atoms with Crippen LogP contribution in [0.5, 0.6) is 0 Å². The van der Waals surface area contributed by atoms with Gasteiger partial charge in [0.25, 0.3) is 5.91 Å². The zero-order chi connectivity index (χ0) is 27.5. The summed E-state index contributed by atoms with van der Waals surface area (Å²) in [6.07, 6.45) is 4.09. The molecular formula is C34H22Cl2N2O2. The number of pyridine rings is 1. The minimum absolute atomic E-state index is 0.239. The topological polar surface area (TPSA) is 55.1 Å². The minimum atomic E-state index is -0.239. The van der Waals surface area contributed by atoms with Crippen LogP contribution in [0, 0.1) is 0 Å². The average molecular weight is 561 g/mol. The lowest BCUT2D eigenvalue weighted by Gasteiger charge is -2.10. The molecular weight excluding hydrogens is 539 g/mol. The summed E-state index contributed by atoms with van der Waals surface area (Å²) >= 11 is 12.5.